The fourth-order valence-corrected chi connectivity index (χ4v) is 6.52. The second kappa shape index (κ2) is 7.32. The van der Waals surface area contributed by atoms with Crippen LogP contribution in [0.2, 0.25) is 0 Å². The number of fused-ring (bicyclic) bond motifs is 1. The summed E-state index contributed by atoms with van der Waals surface area (Å²) in [6, 6.07) is 3.23. The average molecular weight is 357 g/mol. The lowest BCUT2D eigenvalue weighted by atomic mass is 10.0. The Balaban J connectivity index is 1.92. The Labute approximate surface area is 142 Å². The minimum Gasteiger partial charge on any atom is -0.356 e. The molecule has 0 spiro atoms. The topological polar surface area (TPSA) is 66.5 Å². The molecule has 128 valence electrons. The molecule has 1 saturated carbocycles. The number of thiophene rings is 1. The second-order valence-electron chi connectivity index (χ2n) is 6.36. The van der Waals surface area contributed by atoms with E-state index in [4.69, 9.17) is 0 Å². The van der Waals surface area contributed by atoms with Gasteiger partial charge in [0, 0.05) is 19.1 Å². The zero-order valence-electron chi connectivity index (χ0n) is 13.2. The van der Waals surface area contributed by atoms with E-state index in [2.05, 4.69) is 5.32 Å². The Morgan fingerprint density at radius 1 is 1.13 bits per heavy atom. The van der Waals surface area contributed by atoms with Gasteiger partial charge < -0.3 is 5.32 Å². The lowest BCUT2D eigenvalue weighted by Crippen LogP contribution is -2.47. The number of amides is 1. The van der Waals surface area contributed by atoms with Crippen molar-refractivity contribution in [3.63, 3.8) is 0 Å². The Hall–Kier alpha value is -0.920. The van der Waals surface area contributed by atoms with Crippen LogP contribution in [-0.4, -0.2) is 37.8 Å². The number of sulfonamides is 1. The first kappa shape index (κ1) is 16.9. The van der Waals surface area contributed by atoms with Crippen LogP contribution in [0.25, 0.3) is 0 Å². The summed E-state index contributed by atoms with van der Waals surface area (Å²) in [5.41, 5.74) is 0. The number of hydrogen-bond donors (Lipinski definition) is 1. The molecule has 2 fully saturated rings. The van der Waals surface area contributed by atoms with E-state index in [0.717, 1.165) is 44.9 Å². The number of carbonyl (C=O) groups is 1. The van der Waals surface area contributed by atoms with Gasteiger partial charge in [-0.25, -0.2) is 8.42 Å². The van der Waals surface area contributed by atoms with Crippen LogP contribution in [0.1, 0.15) is 44.9 Å². The van der Waals surface area contributed by atoms with Gasteiger partial charge in [0.15, 0.2) is 0 Å². The summed E-state index contributed by atoms with van der Waals surface area (Å²) < 4.78 is 28.1. The lowest BCUT2D eigenvalue weighted by Gasteiger charge is -2.31. The molecule has 1 amide bonds. The smallest absolute Gasteiger partial charge is 0.252 e. The maximum absolute atomic E-state index is 13.1. The maximum atomic E-state index is 13.1. The zero-order chi connectivity index (χ0) is 16.3. The number of carbonyl (C=O) groups excluding carboxylic acids is 1. The van der Waals surface area contributed by atoms with Crippen LogP contribution >= 0.6 is 11.3 Å². The van der Waals surface area contributed by atoms with E-state index in [1.807, 2.05) is 0 Å². The molecule has 2 aliphatic rings. The fraction of sp³-hybridized carbons (Fsp3) is 0.688. The van der Waals surface area contributed by atoms with Gasteiger partial charge in [-0.3, -0.25) is 4.79 Å². The number of nitrogens with zero attached hydrogens (tertiary/aromatic N) is 1. The highest BCUT2D eigenvalue weighted by Gasteiger charge is 2.42. The maximum Gasteiger partial charge on any atom is 0.252 e. The number of rotatable bonds is 2. The van der Waals surface area contributed by atoms with Gasteiger partial charge in [0.25, 0.3) is 10.0 Å². The van der Waals surface area contributed by atoms with Crippen molar-refractivity contribution in [1.29, 1.82) is 0 Å². The Kier molecular flexibility index (Phi) is 5.38. The molecule has 23 heavy (non-hydrogen) atoms. The Bertz CT molecular complexity index is 628. The Morgan fingerprint density at radius 3 is 2.74 bits per heavy atom. The van der Waals surface area contributed by atoms with Gasteiger partial charge in [0.2, 0.25) is 5.91 Å². The van der Waals surface area contributed by atoms with Crippen molar-refractivity contribution >= 4 is 27.3 Å². The van der Waals surface area contributed by atoms with Crippen LogP contribution in [0.15, 0.2) is 21.7 Å². The third kappa shape index (κ3) is 3.61. The van der Waals surface area contributed by atoms with Crippen LogP contribution in [0.3, 0.4) is 0 Å². The average Bonchev–Trinajstić information content (AvgIpc) is 3.19. The first-order chi connectivity index (χ1) is 11.1. The van der Waals surface area contributed by atoms with Gasteiger partial charge in [0.1, 0.15) is 4.21 Å². The first-order valence-corrected chi connectivity index (χ1v) is 10.8. The molecule has 2 heterocycles. The minimum absolute atomic E-state index is 0.0285. The van der Waals surface area contributed by atoms with E-state index >= 15 is 0 Å². The molecule has 2 atom stereocenters. The van der Waals surface area contributed by atoms with Crippen LogP contribution in [-0.2, 0) is 14.8 Å². The second-order valence-corrected chi connectivity index (χ2v) is 9.42. The molecular formula is C16H24N2O3S2. The predicted octanol–water partition coefficient (Wildman–Crippen LogP) is 2.60. The summed E-state index contributed by atoms with van der Waals surface area (Å²) in [5, 5.41) is 4.79. The summed E-state index contributed by atoms with van der Waals surface area (Å²) in [6.45, 7) is 1.23. The third-order valence-electron chi connectivity index (χ3n) is 4.85. The highest BCUT2D eigenvalue weighted by atomic mass is 32.2. The number of hydrogen-bond acceptors (Lipinski definition) is 4. The van der Waals surface area contributed by atoms with Crippen molar-refractivity contribution in [3.8, 4) is 0 Å². The molecule has 0 radical (unpaired) electrons. The van der Waals surface area contributed by atoms with Crippen molar-refractivity contribution in [3.05, 3.63) is 17.5 Å². The van der Waals surface area contributed by atoms with Crippen LogP contribution in [0, 0.1) is 5.92 Å². The molecule has 1 N–H and O–H groups in total. The highest BCUT2D eigenvalue weighted by Crippen LogP contribution is 2.35. The third-order valence-corrected chi connectivity index (χ3v) is 8.15. The summed E-state index contributed by atoms with van der Waals surface area (Å²) >= 11 is 1.25. The summed E-state index contributed by atoms with van der Waals surface area (Å²) in [4.78, 5) is 12.5. The molecule has 5 nitrogen and oxygen atoms in total. The predicted molar refractivity (Wildman–Crippen MR) is 90.8 cm³/mol. The lowest BCUT2D eigenvalue weighted by molar-refractivity contribution is -0.125. The molecule has 3 rings (SSSR count). The molecule has 1 aromatic heterocycles. The van der Waals surface area contributed by atoms with Gasteiger partial charge in [-0.2, -0.15) is 4.31 Å². The van der Waals surface area contributed by atoms with Crippen molar-refractivity contribution in [2.45, 2.75) is 55.2 Å². The minimum atomic E-state index is -3.50. The largest absolute Gasteiger partial charge is 0.356 e. The van der Waals surface area contributed by atoms with Crippen LogP contribution in [0.5, 0.6) is 0 Å². The first-order valence-electron chi connectivity index (χ1n) is 8.44. The summed E-state index contributed by atoms with van der Waals surface area (Å²) in [6.07, 6.45) is 6.35. The monoisotopic (exact) mass is 356 g/mol. The summed E-state index contributed by atoms with van der Waals surface area (Å²) in [5.74, 6) is -0.177. The van der Waals surface area contributed by atoms with E-state index in [9.17, 15) is 13.2 Å². The van der Waals surface area contributed by atoms with Gasteiger partial charge in [-0.05, 0) is 37.1 Å². The van der Waals surface area contributed by atoms with Crippen LogP contribution in [0.4, 0.5) is 0 Å². The van der Waals surface area contributed by atoms with E-state index in [-0.39, 0.29) is 17.9 Å². The van der Waals surface area contributed by atoms with Crippen molar-refractivity contribution in [2.24, 2.45) is 5.92 Å². The standard InChI is InChI=1S/C16H24N2O3S2/c19-16-13-7-5-8-14(13)18(11-4-2-1-3-10-17-16)23(20,21)15-9-6-12-22-15/h6,9,12-14H,1-5,7-8,10-11H2,(H,17,19). The van der Waals surface area contributed by atoms with E-state index in [1.54, 1.807) is 21.8 Å². The van der Waals surface area contributed by atoms with E-state index < -0.39 is 10.0 Å². The molecule has 0 bridgehead atoms. The van der Waals surface area contributed by atoms with E-state index in [0.29, 0.717) is 17.3 Å². The molecule has 7 heteroatoms. The molecule has 1 aromatic rings. The van der Waals surface area contributed by atoms with Gasteiger partial charge in [-0.15, -0.1) is 11.3 Å². The van der Waals surface area contributed by atoms with Crippen molar-refractivity contribution in [1.82, 2.24) is 9.62 Å². The SMILES string of the molecule is O=C1NCCCCCCN(S(=O)(=O)c2cccs2)C2CCCC12. The zero-order valence-corrected chi connectivity index (χ0v) is 14.9. The van der Waals surface area contributed by atoms with Crippen LogP contribution < -0.4 is 5.32 Å². The summed E-state index contributed by atoms with van der Waals surface area (Å²) in [7, 11) is -3.50. The molecule has 1 aliphatic carbocycles. The molecule has 2 unspecified atom stereocenters. The molecular weight excluding hydrogens is 332 g/mol. The highest BCUT2D eigenvalue weighted by molar-refractivity contribution is 7.91. The molecule has 1 aliphatic heterocycles. The van der Waals surface area contributed by atoms with Gasteiger partial charge in [-0.1, -0.05) is 25.3 Å². The molecule has 1 saturated heterocycles. The van der Waals surface area contributed by atoms with Crippen molar-refractivity contribution in [2.75, 3.05) is 13.1 Å². The number of nitrogens with one attached hydrogen (secondary N) is 1. The quantitative estimate of drug-likeness (QED) is 0.886. The van der Waals surface area contributed by atoms with Gasteiger partial charge in [0.05, 0.1) is 5.92 Å². The normalized spacial score (nSPS) is 27.9. The Morgan fingerprint density at radius 2 is 1.96 bits per heavy atom. The van der Waals surface area contributed by atoms with Crippen molar-refractivity contribution < 1.29 is 13.2 Å². The van der Waals surface area contributed by atoms with Gasteiger partial charge >= 0.3 is 0 Å². The van der Waals surface area contributed by atoms with E-state index in [1.165, 1.54) is 11.3 Å². The fourth-order valence-electron chi connectivity index (χ4n) is 3.67. The molecule has 0 aromatic carbocycles.